The third-order valence-electron chi connectivity index (χ3n) is 3.81. The van der Waals surface area contributed by atoms with Crippen molar-refractivity contribution in [1.29, 1.82) is 0 Å². The predicted molar refractivity (Wildman–Crippen MR) is 75.8 cm³/mol. The Labute approximate surface area is 125 Å². The van der Waals surface area contributed by atoms with E-state index in [4.69, 9.17) is 0 Å². The van der Waals surface area contributed by atoms with Gasteiger partial charge in [0, 0.05) is 30.6 Å². The first-order valence-corrected chi connectivity index (χ1v) is 7.78. The highest BCUT2D eigenvalue weighted by molar-refractivity contribution is 7.09. The molecule has 4 amide bonds. The summed E-state index contributed by atoms with van der Waals surface area (Å²) in [7, 11) is 0. The van der Waals surface area contributed by atoms with Gasteiger partial charge in [-0.2, -0.15) is 0 Å². The summed E-state index contributed by atoms with van der Waals surface area (Å²) in [5.41, 5.74) is 0. The van der Waals surface area contributed by atoms with Crippen LogP contribution in [0.4, 0.5) is 4.79 Å². The van der Waals surface area contributed by atoms with Crippen molar-refractivity contribution in [2.24, 2.45) is 0 Å². The van der Waals surface area contributed by atoms with E-state index in [-0.39, 0.29) is 30.8 Å². The minimum absolute atomic E-state index is 0.0200. The molecule has 0 bridgehead atoms. The zero-order valence-corrected chi connectivity index (χ0v) is 12.3. The van der Waals surface area contributed by atoms with Crippen LogP contribution < -0.4 is 5.32 Å². The fraction of sp³-hybridized carbons (Fsp3) is 0.538. The van der Waals surface area contributed by atoms with Crippen molar-refractivity contribution in [3.05, 3.63) is 16.6 Å². The zero-order valence-electron chi connectivity index (χ0n) is 11.4. The number of hydrogen-bond acceptors (Lipinski definition) is 5. The summed E-state index contributed by atoms with van der Waals surface area (Å²) in [5.74, 6) is -0.269. The number of amides is 4. The van der Waals surface area contributed by atoms with Gasteiger partial charge in [0.15, 0.2) is 0 Å². The molecule has 0 spiro atoms. The lowest BCUT2D eigenvalue weighted by Gasteiger charge is -2.32. The molecule has 21 heavy (non-hydrogen) atoms. The van der Waals surface area contributed by atoms with Crippen LogP contribution in [0.25, 0.3) is 0 Å². The Morgan fingerprint density at radius 3 is 3.00 bits per heavy atom. The van der Waals surface area contributed by atoms with E-state index in [1.54, 1.807) is 22.4 Å². The lowest BCUT2D eigenvalue weighted by molar-refractivity contribution is -0.137. The molecule has 7 nitrogen and oxygen atoms in total. The van der Waals surface area contributed by atoms with Crippen LogP contribution in [-0.4, -0.2) is 58.8 Å². The first-order chi connectivity index (χ1) is 10.1. The van der Waals surface area contributed by atoms with E-state index < -0.39 is 6.03 Å². The fourth-order valence-electron chi connectivity index (χ4n) is 2.69. The molecule has 3 rings (SSSR count). The number of piperidine rings is 1. The second-order valence-electron chi connectivity index (χ2n) is 5.19. The van der Waals surface area contributed by atoms with Crippen molar-refractivity contribution < 1.29 is 14.4 Å². The lowest BCUT2D eigenvalue weighted by atomic mass is 9.98. The van der Waals surface area contributed by atoms with E-state index in [0.29, 0.717) is 13.1 Å². The molecule has 0 aromatic carbocycles. The van der Waals surface area contributed by atoms with Gasteiger partial charge in [-0.3, -0.25) is 14.5 Å². The molecule has 0 saturated carbocycles. The first-order valence-electron chi connectivity index (χ1n) is 6.90. The molecule has 1 aromatic heterocycles. The molecule has 112 valence electrons. The number of thiazole rings is 1. The Balaban J connectivity index is 1.62. The zero-order chi connectivity index (χ0) is 14.8. The number of nitrogens with zero attached hydrogens (tertiary/aromatic N) is 3. The molecule has 2 saturated heterocycles. The summed E-state index contributed by atoms with van der Waals surface area (Å²) in [5, 5.41) is 5.40. The second-order valence-corrected chi connectivity index (χ2v) is 6.11. The van der Waals surface area contributed by atoms with Crippen molar-refractivity contribution in [2.75, 3.05) is 26.2 Å². The van der Waals surface area contributed by atoms with Crippen molar-refractivity contribution in [2.45, 2.75) is 18.8 Å². The van der Waals surface area contributed by atoms with Crippen LogP contribution in [-0.2, 0) is 9.59 Å². The highest BCUT2D eigenvalue weighted by Gasteiger charge is 2.33. The average molecular weight is 308 g/mol. The van der Waals surface area contributed by atoms with Gasteiger partial charge in [-0.1, -0.05) is 0 Å². The van der Waals surface area contributed by atoms with Crippen molar-refractivity contribution in [3.63, 3.8) is 0 Å². The Kier molecular flexibility index (Phi) is 3.87. The number of hydrogen-bond donors (Lipinski definition) is 1. The molecule has 0 radical (unpaired) electrons. The number of carbonyl (C=O) groups is 3. The summed E-state index contributed by atoms with van der Waals surface area (Å²) in [4.78, 5) is 42.3. The van der Waals surface area contributed by atoms with Crippen LogP contribution in [0.5, 0.6) is 0 Å². The number of urea groups is 1. The highest BCUT2D eigenvalue weighted by Crippen LogP contribution is 2.28. The minimum Gasteiger partial charge on any atom is -0.340 e. The van der Waals surface area contributed by atoms with Crippen LogP contribution >= 0.6 is 11.3 Å². The molecule has 1 N–H and O–H groups in total. The van der Waals surface area contributed by atoms with Gasteiger partial charge in [0.25, 0.3) is 5.91 Å². The molecular formula is C13H16N4O3S. The largest absolute Gasteiger partial charge is 0.340 e. The lowest BCUT2D eigenvalue weighted by Crippen LogP contribution is -2.46. The van der Waals surface area contributed by atoms with Crippen LogP contribution in [0.1, 0.15) is 23.8 Å². The monoisotopic (exact) mass is 308 g/mol. The van der Waals surface area contributed by atoms with Gasteiger partial charge in [-0.05, 0) is 12.8 Å². The van der Waals surface area contributed by atoms with Gasteiger partial charge < -0.3 is 10.2 Å². The van der Waals surface area contributed by atoms with Crippen LogP contribution in [0, 0.1) is 0 Å². The number of imide groups is 1. The topological polar surface area (TPSA) is 82.6 Å². The summed E-state index contributed by atoms with van der Waals surface area (Å²) >= 11 is 1.60. The number of aromatic nitrogens is 1. The second kappa shape index (κ2) is 5.80. The first kappa shape index (κ1) is 14.0. The van der Waals surface area contributed by atoms with Crippen molar-refractivity contribution >= 4 is 29.2 Å². The number of nitrogens with one attached hydrogen (secondary N) is 1. The quantitative estimate of drug-likeness (QED) is 0.820. The van der Waals surface area contributed by atoms with E-state index in [0.717, 1.165) is 22.7 Å². The fourth-order valence-corrected chi connectivity index (χ4v) is 3.46. The van der Waals surface area contributed by atoms with Gasteiger partial charge >= 0.3 is 6.03 Å². The molecule has 0 aliphatic carbocycles. The van der Waals surface area contributed by atoms with Gasteiger partial charge in [0.1, 0.15) is 6.54 Å². The van der Waals surface area contributed by atoms with E-state index in [1.165, 1.54) is 0 Å². The normalized spacial score (nSPS) is 22.6. The van der Waals surface area contributed by atoms with E-state index >= 15 is 0 Å². The maximum Gasteiger partial charge on any atom is 0.325 e. The van der Waals surface area contributed by atoms with Crippen molar-refractivity contribution in [3.8, 4) is 0 Å². The molecule has 3 heterocycles. The molecule has 1 unspecified atom stereocenters. The third kappa shape index (κ3) is 2.90. The Hall–Kier alpha value is -1.96. The van der Waals surface area contributed by atoms with Crippen molar-refractivity contribution in [1.82, 2.24) is 20.1 Å². The van der Waals surface area contributed by atoms with Gasteiger partial charge in [0.2, 0.25) is 5.91 Å². The molecular weight excluding hydrogens is 292 g/mol. The van der Waals surface area contributed by atoms with Gasteiger partial charge in [-0.25, -0.2) is 9.78 Å². The molecule has 2 fully saturated rings. The number of likely N-dealkylation sites (tertiary alicyclic amines) is 1. The maximum absolute atomic E-state index is 12.3. The Morgan fingerprint density at radius 2 is 2.33 bits per heavy atom. The molecule has 1 atom stereocenters. The summed E-state index contributed by atoms with van der Waals surface area (Å²) in [6.45, 7) is 1.09. The Morgan fingerprint density at radius 1 is 1.48 bits per heavy atom. The maximum atomic E-state index is 12.3. The smallest absolute Gasteiger partial charge is 0.325 e. The van der Waals surface area contributed by atoms with E-state index in [1.807, 2.05) is 5.38 Å². The summed E-state index contributed by atoms with van der Waals surface area (Å²) in [6, 6.07) is -0.484. The van der Waals surface area contributed by atoms with Crippen LogP contribution in [0.2, 0.25) is 0 Å². The van der Waals surface area contributed by atoms with Gasteiger partial charge in [-0.15, -0.1) is 11.3 Å². The molecule has 8 heteroatoms. The molecule has 2 aliphatic heterocycles. The highest BCUT2D eigenvalue weighted by atomic mass is 32.1. The predicted octanol–water partition coefficient (Wildman–Crippen LogP) is 0.401. The molecule has 2 aliphatic rings. The van der Waals surface area contributed by atoms with Crippen LogP contribution in [0.15, 0.2) is 11.6 Å². The van der Waals surface area contributed by atoms with Crippen LogP contribution in [0.3, 0.4) is 0 Å². The SMILES string of the molecule is O=C(CN1C(=O)CNC1=O)N1CCCC(c2nccs2)C1. The van der Waals surface area contributed by atoms with E-state index in [9.17, 15) is 14.4 Å². The Bertz CT molecular complexity index is 544. The number of carbonyl (C=O) groups excluding carboxylic acids is 3. The summed E-state index contributed by atoms with van der Waals surface area (Å²) in [6.07, 6.45) is 3.70. The van der Waals surface area contributed by atoms with E-state index in [2.05, 4.69) is 10.3 Å². The minimum atomic E-state index is -0.484. The van der Waals surface area contributed by atoms with Gasteiger partial charge in [0.05, 0.1) is 11.6 Å². The summed E-state index contributed by atoms with van der Waals surface area (Å²) < 4.78 is 0. The average Bonchev–Trinajstić information content (AvgIpc) is 3.13. The third-order valence-corrected chi connectivity index (χ3v) is 4.74. The number of rotatable bonds is 3. The standard InChI is InChI=1S/C13H16N4O3S/c18-10-6-15-13(20)17(10)8-11(19)16-4-1-2-9(7-16)12-14-3-5-21-12/h3,5,9H,1-2,4,6-8H2,(H,15,20). The molecule has 1 aromatic rings.